The molecule has 1 N–H and O–H groups in total. The number of carbonyl (C=O) groups excluding carboxylic acids is 1. The van der Waals surface area contributed by atoms with Crippen LogP contribution >= 0.6 is 0 Å². The highest BCUT2D eigenvalue weighted by molar-refractivity contribution is 5.81. The van der Waals surface area contributed by atoms with Crippen LogP contribution < -0.4 is 0 Å². The van der Waals surface area contributed by atoms with Gasteiger partial charge < -0.3 is 9.84 Å². The summed E-state index contributed by atoms with van der Waals surface area (Å²) in [5.41, 5.74) is -1.11. The molecule has 0 aromatic carbocycles. The smallest absolute Gasteiger partial charge is 0.338 e. The van der Waals surface area contributed by atoms with Crippen LogP contribution in [0.15, 0.2) is 0 Å². The van der Waals surface area contributed by atoms with E-state index in [2.05, 4.69) is 0 Å². The Labute approximate surface area is 59.0 Å². The number of esters is 1. The topological polar surface area (TPSA) is 46.5 Å². The largest absolute Gasteiger partial charge is 0.460 e. The highest BCUT2D eigenvalue weighted by Crippen LogP contribution is 2.37. The summed E-state index contributed by atoms with van der Waals surface area (Å²) in [5, 5.41) is 9.52. The van der Waals surface area contributed by atoms with Gasteiger partial charge in [0.25, 0.3) is 0 Å². The highest BCUT2D eigenvalue weighted by atomic mass is 16.6. The third-order valence-electron chi connectivity index (χ3n) is 2.34. The quantitative estimate of drug-likeness (QED) is 0.492. The average Bonchev–Trinajstić information content (AvgIpc) is 2.04. The number of ether oxygens (including phenoxy) is 1. The molecule has 10 heavy (non-hydrogen) atoms. The molecular formula is C7H10O3. The molecule has 3 nitrogen and oxygen atoms in total. The molecular weight excluding hydrogens is 132 g/mol. The van der Waals surface area contributed by atoms with Crippen LogP contribution in [0.4, 0.5) is 0 Å². The minimum atomic E-state index is -1.11. The molecule has 3 heteroatoms. The Morgan fingerprint density at radius 1 is 1.70 bits per heavy atom. The molecule has 2 aliphatic rings. The Morgan fingerprint density at radius 3 is 3.10 bits per heavy atom. The number of carbonyl (C=O) groups is 1. The minimum Gasteiger partial charge on any atom is -0.460 e. The van der Waals surface area contributed by atoms with Gasteiger partial charge >= 0.3 is 5.97 Å². The van der Waals surface area contributed by atoms with E-state index in [-0.39, 0.29) is 6.10 Å². The molecule has 56 valence electrons. The van der Waals surface area contributed by atoms with Crippen LogP contribution in [0.3, 0.4) is 0 Å². The van der Waals surface area contributed by atoms with E-state index in [1.165, 1.54) is 0 Å². The molecule has 0 aromatic heterocycles. The maximum Gasteiger partial charge on any atom is 0.338 e. The van der Waals surface area contributed by atoms with E-state index in [1.807, 2.05) is 0 Å². The first kappa shape index (κ1) is 6.16. The lowest BCUT2D eigenvalue weighted by molar-refractivity contribution is -0.153. The molecule has 1 saturated carbocycles. The standard InChI is InChI=1S/C7H10O3/c8-6-7(9)3-1-2-5(4-7)10-6/h5,9H,1-4H2/t5-,7-/m0/s1. The van der Waals surface area contributed by atoms with Crippen LogP contribution in [0.25, 0.3) is 0 Å². The van der Waals surface area contributed by atoms with E-state index in [1.54, 1.807) is 0 Å². The minimum absolute atomic E-state index is 0.00579. The van der Waals surface area contributed by atoms with Crippen LogP contribution in [-0.4, -0.2) is 22.8 Å². The van der Waals surface area contributed by atoms with Gasteiger partial charge in [0.15, 0.2) is 5.60 Å². The molecule has 0 unspecified atom stereocenters. The Kier molecular flexibility index (Phi) is 1.06. The fraction of sp³-hybridized carbons (Fsp3) is 0.857. The first-order valence-corrected chi connectivity index (χ1v) is 3.64. The number of fused-ring (bicyclic) bond motifs is 2. The number of rotatable bonds is 0. The zero-order valence-corrected chi connectivity index (χ0v) is 5.67. The van der Waals surface area contributed by atoms with E-state index in [0.717, 1.165) is 12.8 Å². The van der Waals surface area contributed by atoms with Gasteiger partial charge in [0, 0.05) is 6.42 Å². The molecule has 2 atom stereocenters. The number of aliphatic hydroxyl groups is 1. The van der Waals surface area contributed by atoms with Gasteiger partial charge in [-0.3, -0.25) is 0 Å². The van der Waals surface area contributed by atoms with Gasteiger partial charge in [0.1, 0.15) is 6.10 Å². The average molecular weight is 142 g/mol. The Bertz CT molecular complexity index is 178. The maximum atomic E-state index is 10.9. The fourth-order valence-corrected chi connectivity index (χ4v) is 1.75. The molecule has 0 amide bonds. The third-order valence-corrected chi connectivity index (χ3v) is 2.34. The summed E-state index contributed by atoms with van der Waals surface area (Å²) in [6.07, 6.45) is 2.95. The van der Waals surface area contributed by atoms with Crippen LogP contribution in [0.2, 0.25) is 0 Å². The monoisotopic (exact) mass is 142 g/mol. The van der Waals surface area contributed by atoms with Crippen LogP contribution in [-0.2, 0) is 9.53 Å². The number of hydrogen-bond acceptors (Lipinski definition) is 3. The second-order valence-electron chi connectivity index (χ2n) is 3.16. The van der Waals surface area contributed by atoms with Gasteiger partial charge in [0.05, 0.1) is 0 Å². The summed E-state index contributed by atoms with van der Waals surface area (Å²) >= 11 is 0. The molecule has 1 saturated heterocycles. The molecule has 2 rings (SSSR count). The zero-order valence-electron chi connectivity index (χ0n) is 5.67. The first-order valence-electron chi connectivity index (χ1n) is 3.64. The van der Waals surface area contributed by atoms with Crippen molar-refractivity contribution in [3.63, 3.8) is 0 Å². The van der Waals surface area contributed by atoms with Crippen molar-refractivity contribution in [1.29, 1.82) is 0 Å². The van der Waals surface area contributed by atoms with Crippen molar-refractivity contribution < 1.29 is 14.6 Å². The fourth-order valence-electron chi connectivity index (χ4n) is 1.75. The van der Waals surface area contributed by atoms with Crippen molar-refractivity contribution in [1.82, 2.24) is 0 Å². The lowest BCUT2D eigenvalue weighted by atomic mass is 9.86. The molecule has 0 aromatic rings. The van der Waals surface area contributed by atoms with Crippen LogP contribution in [0.5, 0.6) is 0 Å². The molecule has 2 bridgehead atoms. The summed E-state index contributed by atoms with van der Waals surface area (Å²) in [6, 6.07) is 0. The maximum absolute atomic E-state index is 10.9. The molecule has 0 spiro atoms. The molecule has 1 aliphatic heterocycles. The van der Waals surface area contributed by atoms with Crippen molar-refractivity contribution in [2.45, 2.75) is 37.4 Å². The van der Waals surface area contributed by atoms with Crippen molar-refractivity contribution >= 4 is 5.97 Å². The number of hydrogen-bond donors (Lipinski definition) is 1. The van der Waals surface area contributed by atoms with Crippen molar-refractivity contribution in [2.75, 3.05) is 0 Å². The Balaban J connectivity index is 2.26. The van der Waals surface area contributed by atoms with E-state index >= 15 is 0 Å². The summed E-state index contributed by atoms with van der Waals surface area (Å²) in [4.78, 5) is 10.9. The predicted octanol–water partition coefficient (Wildman–Crippen LogP) is 0.217. The lowest BCUT2D eigenvalue weighted by Crippen LogP contribution is -2.35. The normalized spacial score (nSPS) is 45.3. The van der Waals surface area contributed by atoms with Crippen LogP contribution in [0, 0.1) is 0 Å². The summed E-state index contributed by atoms with van der Waals surface area (Å²) in [6.45, 7) is 0. The van der Waals surface area contributed by atoms with Crippen molar-refractivity contribution in [3.8, 4) is 0 Å². The molecule has 1 heterocycles. The van der Waals surface area contributed by atoms with E-state index in [0.29, 0.717) is 12.8 Å². The second-order valence-corrected chi connectivity index (χ2v) is 3.16. The highest BCUT2D eigenvalue weighted by Gasteiger charge is 2.49. The summed E-state index contributed by atoms with van der Waals surface area (Å²) < 4.78 is 4.90. The van der Waals surface area contributed by atoms with Gasteiger partial charge in [0.2, 0.25) is 0 Å². The van der Waals surface area contributed by atoms with Gasteiger partial charge in [-0.2, -0.15) is 0 Å². The Hall–Kier alpha value is -0.570. The van der Waals surface area contributed by atoms with E-state index < -0.39 is 11.6 Å². The van der Waals surface area contributed by atoms with E-state index in [9.17, 15) is 9.90 Å². The van der Waals surface area contributed by atoms with Crippen molar-refractivity contribution in [3.05, 3.63) is 0 Å². The van der Waals surface area contributed by atoms with Gasteiger partial charge in [-0.25, -0.2) is 4.79 Å². The molecule has 0 radical (unpaired) electrons. The van der Waals surface area contributed by atoms with Gasteiger partial charge in [-0.1, -0.05) is 0 Å². The summed E-state index contributed by atoms with van der Waals surface area (Å²) in [7, 11) is 0. The molecule has 1 aliphatic carbocycles. The second kappa shape index (κ2) is 1.72. The Morgan fingerprint density at radius 2 is 2.50 bits per heavy atom. The van der Waals surface area contributed by atoms with E-state index in [4.69, 9.17) is 4.74 Å². The predicted molar refractivity (Wildman–Crippen MR) is 33.3 cm³/mol. The first-order chi connectivity index (χ1) is 4.71. The van der Waals surface area contributed by atoms with Gasteiger partial charge in [-0.05, 0) is 19.3 Å². The molecule has 2 fully saturated rings. The van der Waals surface area contributed by atoms with Crippen LogP contribution in [0.1, 0.15) is 25.7 Å². The van der Waals surface area contributed by atoms with Crippen molar-refractivity contribution in [2.24, 2.45) is 0 Å². The third kappa shape index (κ3) is 0.669. The lowest BCUT2D eigenvalue weighted by Gasteiger charge is -2.20. The zero-order chi connectivity index (χ0) is 7.19. The summed E-state index contributed by atoms with van der Waals surface area (Å²) in [5.74, 6) is -0.407. The SMILES string of the molecule is O=C1O[C@H]2CCC[C@]1(O)C2. The van der Waals surface area contributed by atoms with Gasteiger partial charge in [-0.15, -0.1) is 0 Å².